The van der Waals surface area contributed by atoms with Crippen molar-refractivity contribution in [3.63, 3.8) is 0 Å². The molecule has 1 fully saturated rings. The molecule has 5 heteroatoms. The molecule has 2 heterocycles. The Kier molecular flexibility index (Phi) is 5.99. The van der Waals surface area contributed by atoms with Gasteiger partial charge in [0, 0.05) is 30.2 Å². The summed E-state index contributed by atoms with van der Waals surface area (Å²) >= 11 is 1.52. The van der Waals surface area contributed by atoms with Crippen LogP contribution in [0.4, 0.5) is 0 Å². The molecule has 3 rings (SSSR count). The van der Waals surface area contributed by atoms with Crippen molar-refractivity contribution in [2.24, 2.45) is 0 Å². The van der Waals surface area contributed by atoms with Gasteiger partial charge in [-0.25, -0.2) is 4.98 Å². The minimum absolute atomic E-state index is 0.160. The van der Waals surface area contributed by atoms with Crippen LogP contribution in [-0.2, 0) is 22.4 Å². The van der Waals surface area contributed by atoms with E-state index in [2.05, 4.69) is 4.98 Å². The summed E-state index contributed by atoms with van der Waals surface area (Å²) in [5, 5.41) is 2.76. The van der Waals surface area contributed by atoms with Crippen molar-refractivity contribution in [3.8, 4) is 5.75 Å². The summed E-state index contributed by atoms with van der Waals surface area (Å²) in [4.78, 5) is 16.5. The summed E-state index contributed by atoms with van der Waals surface area (Å²) in [5.74, 6) is 0.962. The Bertz CT molecular complexity index is 663. The maximum Gasteiger partial charge on any atom is 0.144 e. The van der Waals surface area contributed by atoms with Crippen LogP contribution >= 0.6 is 11.3 Å². The molecule has 0 bridgehead atoms. The maximum atomic E-state index is 12.3. The van der Waals surface area contributed by atoms with Gasteiger partial charge < -0.3 is 9.47 Å². The van der Waals surface area contributed by atoms with Gasteiger partial charge in [0.15, 0.2) is 0 Å². The Hall–Kier alpha value is -1.72. The summed E-state index contributed by atoms with van der Waals surface area (Å²) in [6, 6.07) is 6.02. The Morgan fingerprint density at radius 3 is 3.04 bits per heavy atom. The molecule has 0 N–H and O–H groups in total. The first-order chi connectivity index (χ1) is 11.7. The monoisotopic (exact) mass is 345 g/mol. The summed E-state index contributed by atoms with van der Waals surface area (Å²) in [6.45, 7) is 3.41. The van der Waals surface area contributed by atoms with Gasteiger partial charge in [-0.2, -0.15) is 0 Å². The fourth-order valence-electron chi connectivity index (χ4n) is 2.85. The molecule has 2 aromatic rings. The standard InChI is InChI=1S/C19H23NO3S/c1-14-5-6-15(11-16(21)12-19-20-7-9-24-19)18(10-14)23-13-17-4-2-3-8-22-17/h5-7,9-10,17H,2-4,8,11-13H2,1H3. The predicted molar refractivity (Wildman–Crippen MR) is 94.8 cm³/mol. The van der Waals surface area contributed by atoms with Crippen molar-refractivity contribution in [2.75, 3.05) is 13.2 Å². The van der Waals surface area contributed by atoms with Crippen LogP contribution in [0.15, 0.2) is 29.8 Å². The number of rotatable bonds is 7. The first-order valence-corrected chi connectivity index (χ1v) is 9.32. The van der Waals surface area contributed by atoms with Crippen LogP contribution in [0.3, 0.4) is 0 Å². The molecule has 1 saturated heterocycles. The van der Waals surface area contributed by atoms with Crippen molar-refractivity contribution in [1.82, 2.24) is 4.98 Å². The zero-order valence-corrected chi connectivity index (χ0v) is 14.8. The van der Waals surface area contributed by atoms with Crippen LogP contribution < -0.4 is 4.74 Å². The molecule has 0 saturated carbocycles. The van der Waals surface area contributed by atoms with Gasteiger partial charge in [0.2, 0.25) is 0 Å². The molecule has 1 aromatic heterocycles. The number of aromatic nitrogens is 1. The molecule has 1 unspecified atom stereocenters. The number of ether oxygens (including phenoxy) is 2. The number of hydrogen-bond donors (Lipinski definition) is 0. The Morgan fingerprint density at radius 2 is 2.29 bits per heavy atom. The van der Waals surface area contributed by atoms with Crippen molar-refractivity contribution in [3.05, 3.63) is 45.9 Å². The van der Waals surface area contributed by atoms with Gasteiger partial charge >= 0.3 is 0 Å². The lowest BCUT2D eigenvalue weighted by atomic mass is 10.0. The second kappa shape index (κ2) is 8.40. The second-order valence-electron chi connectivity index (χ2n) is 6.23. The number of benzene rings is 1. The van der Waals surface area contributed by atoms with Crippen molar-refractivity contribution in [1.29, 1.82) is 0 Å². The highest BCUT2D eigenvalue weighted by Gasteiger charge is 2.16. The Labute approximate surface area is 146 Å². The van der Waals surface area contributed by atoms with Gasteiger partial charge in [-0.1, -0.05) is 12.1 Å². The zero-order chi connectivity index (χ0) is 16.8. The van der Waals surface area contributed by atoms with Crippen LogP contribution in [0, 0.1) is 6.92 Å². The van der Waals surface area contributed by atoms with Gasteiger partial charge in [0.05, 0.1) is 17.5 Å². The zero-order valence-electron chi connectivity index (χ0n) is 14.0. The number of hydrogen-bond acceptors (Lipinski definition) is 5. The average Bonchev–Trinajstić information content (AvgIpc) is 3.09. The van der Waals surface area contributed by atoms with E-state index in [4.69, 9.17) is 9.47 Å². The second-order valence-corrected chi connectivity index (χ2v) is 7.21. The van der Waals surface area contributed by atoms with E-state index in [1.807, 2.05) is 30.5 Å². The number of aryl methyl sites for hydroxylation is 1. The third-order valence-electron chi connectivity index (χ3n) is 4.14. The summed E-state index contributed by atoms with van der Waals surface area (Å²) < 4.78 is 11.7. The molecule has 0 spiro atoms. The van der Waals surface area contributed by atoms with Gasteiger partial charge in [-0.3, -0.25) is 4.79 Å². The molecule has 128 valence electrons. The Morgan fingerprint density at radius 1 is 1.38 bits per heavy atom. The molecule has 1 aliphatic heterocycles. The van der Waals surface area contributed by atoms with Crippen LogP contribution in [0.5, 0.6) is 5.75 Å². The number of nitrogens with zero attached hydrogens (tertiary/aromatic N) is 1. The quantitative estimate of drug-likeness (QED) is 0.767. The molecule has 0 aliphatic carbocycles. The molecule has 1 aromatic carbocycles. The molecule has 1 atom stereocenters. The largest absolute Gasteiger partial charge is 0.491 e. The normalized spacial score (nSPS) is 17.6. The topological polar surface area (TPSA) is 48.4 Å². The summed E-state index contributed by atoms with van der Waals surface area (Å²) in [5.41, 5.74) is 2.07. The molecule has 4 nitrogen and oxygen atoms in total. The number of carbonyl (C=O) groups is 1. The van der Waals surface area contributed by atoms with Crippen molar-refractivity contribution < 1.29 is 14.3 Å². The van der Waals surface area contributed by atoms with Crippen LogP contribution in [0.25, 0.3) is 0 Å². The highest BCUT2D eigenvalue weighted by Crippen LogP contribution is 2.23. The number of Topliss-reactive ketones (excluding diaryl/α,β-unsaturated/α-hetero) is 1. The van der Waals surface area contributed by atoms with Crippen molar-refractivity contribution >= 4 is 17.1 Å². The molecule has 1 aliphatic rings. The number of carbonyl (C=O) groups excluding carboxylic acids is 1. The fraction of sp³-hybridized carbons (Fsp3) is 0.474. The molecule has 0 amide bonds. The average molecular weight is 345 g/mol. The first-order valence-electron chi connectivity index (χ1n) is 8.45. The third-order valence-corrected chi connectivity index (χ3v) is 4.92. The van der Waals surface area contributed by atoms with Crippen LogP contribution in [0.1, 0.15) is 35.4 Å². The maximum absolute atomic E-state index is 12.3. The summed E-state index contributed by atoms with van der Waals surface area (Å²) in [7, 11) is 0. The lowest BCUT2D eigenvalue weighted by Gasteiger charge is -2.23. The Balaban J connectivity index is 1.62. The van der Waals surface area contributed by atoms with E-state index < -0.39 is 0 Å². The molecular formula is C19H23NO3S. The number of thiazole rings is 1. The molecule has 24 heavy (non-hydrogen) atoms. The highest BCUT2D eigenvalue weighted by molar-refractivity contribution is 7.09. The lowest BCUT2D eigenvalue weighted by Crippen LogP contribution is -2.26. The van der Waals surface area contributed by atoms with Gasteiger partial charge in [0.25, 0.3) is 0 Å². The number of ketones is 1. The van der Waals surface area contributed by atoms with Crippen molar-refractivity contribution in [2.45, 2.75) is 45.1 Å². The van der Waals surface area contributed by atoms with E-state index in [1.165, 1.54) is 17.8 Å². The van der Waals surface area contributed by atoms with E-state index in [1.54, 1.807) is 6.20 Å². The first kappa shape index (κ1) is 17.1. The summed E-state index contributed by atoms with van der Waals surface area (Å²) in [6.07, 6.45) is 6.04. The van der Waals surface area contributed by atoms with Crippen LogP contribution in [-0.4, -0.2) is 30.1 Å². The smallest absolute Gasteiger partial charge is 0.144 e. The van der Waals surface area contributed by atoms with E-state index in [0.29, 0.717) is 19.4 Å². The van der Waals surface area contributed by atoms with E-state index in [9.17, 15) is 4.79 Å². The van der Waals surface area contributed by atoms with Gasteiger partial charge in [0.1, 0.15) is 18.1 Å². The van der Waals surface area contributed by atoms with Gasteiger partial charge in [-0.05, 0) is 37.8 Å². The predicted octanol–water partition coefficient (Wildman–Crippen LogP) is 3.75. The fourth-order valence-corrected chi connectivity index (χ4v) is 3.49. The molecular weight excluding hydrogens is 322 g/mol. The van der Waals surface area contributed by atoms with E-state index >= 15 is 0 Å². The third kappa shape index (κ3) is 4.89. The van der Waals surface area contributed by atoms with Gasteiger partial charge in [-0.15, -0.1) is 11.3 Å². The van der Waals surface area contributed by atoms with E-state index in [0.717, 1.165) is 41.3 Å². The highest BCUT2D eigenvalue weighted by atomic mass is 32.1. The lowest BCUT2D eigenvalue weighted by molar-refractivity contribution is -0.117. The van der Waals surface area contributed by atoms with Crippen LogP contribution in [0.2, 0.25) is 0 Å². The SMILES string of the molecule is Cc1ccc(CC(=O)Cc2nccs2)c(OCC2CCCCO2)c1. The molecule has 0 radical (unpaired) electrons. The van der Waals surface area contributed by atoms with E-state index in [-0.39, 0.29) is 11.9 Å². The minimum atomic E-state index is 0.160. The minimum Gasteiger partial charge on any atom is -0.491 e.